The first-order chi connectivity index (χ1) is 13.1. The Morgan fingerprint density at radius 2 is 1.70 bits per heavy atom. The largest absolute Gasteiger partial charge is 0.490 e. The normalized spacial score (nSPS) is 17.4. The van der Waals surface area contributed by atoms with Gasteiger partial charge in [0.1, 0.15) is 5.75 Å². The van der Waals surface area contributed by atoms with E-state index in [0.29, 0.717) is 6.54 Å². The minimum atomic E-state index is 0.146. The van der Waals surface area contributed by atoms with Crippen LogP contribution in [0.25, 0.3) is 0 Å². The summed E-state index contributed by atoms with van der Waals surface area (Å²) < 4.78 is 18.0. The summed E-state index contributed by atoms with van der Waals surface area (Å²) >= 11 is 0. The molecule has 0 unspecified atom stereocenters. The number of benzene rings is 1. The molecule has 1 aromatic rings. The predicted octanol–water partition coefficient (Wildman–Crippen LogP) is 3.46. The van der Waals surface area contributed by atoms with E-state index in [0.717, 1.165) is 70.9 Å². The number of likely N-dealkylation sites (N-methyl/N-ethyl adjacent to an activating group) is 1. The Bertz CT molecular complexity index is 520. The van der Waals surface area contributed by atoms with E-state index >= 15 is 0 Å². The summed E-state index contributed by atoms with van der Waals surface area (Å²) in [5.41, 5.74) is 7.05. The molecule has 0 radical (unpaired) electrons. The van der Waals surface area contributed by atoms with Gasteiger partial charge in [-0.1, -0.05) is 18.2 Å². The average molecular weight is 379 g/mol. The van der Waals surface area contributed by atoms with Gasteiger partial charge in [-0.25, -0.2) is 0 Å². The Labute approximate surface area is 165 Å². The Balaban J connectivity index is 1.94. The molecule has 0 saturated heterocycles. The molecule has 27 heavy (non-hydrogen) atoms. The predicted molar refractivity (Wildman–Crippen MR) is 110 cm³/mol. The minimum Gasteiger partial charge on any atom is -0.490 e. The van der Waals surface area contributed by atoms with Crippen LogP contribution in [0, 0.1) is 5.41 Å². The quantitative estimate of drug-likeness (QED) is 0.604. The maximum Gasteiger partial charge on any atom is 0.124 e. The molecule has 2 rings (SSSR count). The smallest absolute Gasteiger partial charge is 0.124 e. The van der Waals surface area contributed by atoms with Crippen molar-refractivity contribution in [3.8, 4) is 5.75 Å². The molecule has 5 nitrogen and oxygen atoms in total. The van der Waals surface area contributed by atoms with Gasteiger partial charge in [-0.2, -0.15) is 0 Å². The van der Waals surface area contributed by atoms with Crippen LogP contribution < -0.4 is 10.5 Å². The first-order valence-corrected chi connectivity index (χ1v) is 10.4. The average Bonchev–Trinajstić information content (AvgIpc) is 2.68. The Morgan fingerprint density at radius 1 is 1.07 bits per heavy atom. The Hall–Kier alpha value is -1.14. The van der Waals surface area contributed by atoms with E-state index in [9.17, 15) is 0 Å². The highest BCUT2D eigenvalue weighted by molar-refractivity contribution is 5.33. The fourth-order valence-corrected chi connectivity index (χ4v) is 3.81. The first kappa shape index (κ1) is 22.2. The number of ether oxygens (including phenoxy) is 3. The van der Waals surface area contributed by atoms with Crippen LogP contribution in [0.4, 0.5) is 0 Å². The molecule has 1 saturated carbocycles. The van der Waals surface area contributed by atoms with Crippen molar-refractivity contribution in [3.63, 3.8) is 0 Å². The van der Waals surface area contributed by atoms with E-state index in [1.54, 1.807) is 0 Å². The second-order valence-electron chi connectivity index (χ2n) is 7.73. The molecular weight excluding hydrogens is 340 g/mol. The van der Waals surface area contributed by atoms with Crippen molar-refractivity contribution >= 4 is 0 Å². The minimum absolute atomic E-state index is 0.146. The zero-order valence-corrected chi connectivity index (χ0v) is 17.4. The summed E-state index contributed by atoms with van der Waals surface area (Å²) in [6, 6.07) is 8.38. The number of nitrogens with zero attached hydrogens (tertiary/aromatic N) is 1. The van der Waals surface area contributed by atoms with Gasteiger partial charge in [0.15, 0.2) is 0 Å². The molecule has 154 valence electrons. The van der Waals surface area contributed by atoms with E-state index in [-0.39, 0.29) is 11.5 Å². The number of para-hydroxylation sites is 1. The maximum absolute atomic E-state index is 6.43. The van der Waals surface area contributed by atoms with Crippen molar-refractivity contribution in [2.24, 2.45) is 11.1 Å². The standard InChI is InChI=1S/C22H38N2O3/c1-4-25-17-22(18-26-5-2)12-10-20(11-13-22)27-21-9-7-6-8-19(21)16-24(3)15-14-23/h6-9,20H,4-5,10-18,23H2,1-3H3. The van der Waals surface area contributed by atoms with Gasteiger partial charge in [0.05, 0.1) is 19.3 Å². The van der Waals surface area contributed by atoms with Gasteiger partial charge in [-0.15, -0.1) is 0 Å². The van der Waals surface area contributed by atoms with Crippen LogP contribution in [0.5, 0.6) is 5.75 Å². The Morgan fingerprint density at radius 3 is 2.30 bits per heavy atom. The van der Waals surface area contributed by atoms with Crippen LogP contribution in [0.3, 0.4) is 0 Å². The molecule has 0 aliphatic heterocycles. The molecule has 2 N–H and O–H groups in total. The SMILES string of the molecule is CCOCC1(COCC)CCC(Oc2ccccc2CN(C)CCN)CC1. The maximum atomic E-state index is 6.43. The summed E-state index contributed by atoms with van der Waals surface area (Å²) in [6.07, 6.45) is 4.54. The molecule has 1 aliphatic rings. The zero-order valence-electron chi connectivity index (χ0n) is 17.4. The topological polar surface area (TPSA) is 57.0 Å². The summed E-state index contributed by atoms with van der Waals surface area (Å²) in [4.78, 5) is 2.23. The van der Waals surface area contributed by atoms with Gasteiger partial charge in [0.25, 0.3) is 0 Å². The van der Waals surface area contributed by atoms with Crippen LogP contribution >= 0.6 is 0 Å². The second kappa shape index (κ2) is 11.6. The zero-order chi connectivity index (χ0) is 19.5. The molecule has 0 aromatic heterocycles. The molecule has 0 atom stereocenters. The molecule has 1 aromatic carbocycles. The lowest BCUT2D eigenvalue weighted by Gasteiger charge is -2.39. The summed E-state index contributed by atoms with van der Waals surface area (Å²) in [6.45, 7) is 9.63. The van der Waals surface area contributed by atoms with E-state index in [1.807, 2.05) is 0 Å². The number of nitrogens with two attached hydrogens (primary N) is 1. The highest BCUT2D eigenvalue weighted by Gasteiger charge is 2.36. The van der Waals surface area contributed by atoms with Crippen molar-refractivity contribution < 1.29 is 14.2 Å². The highest BCUT2D eigenvalue weighted by atomic mass is 16.5. The van der Waals surface area contributed by atoms with Crippen LogP contribution in [0.2, 0.25) is 0 Å². The van der Waals surface area contributed by atoms with Crippen molar-refractivity contribution in [2.45, 2.75) is 52.2 Å². The number of hydrogen-bond donors (Lipinski definition) is 1. The monoisotopic (exact) mass is 378 g/mol. The fourth-order valence-electron chi connectivity index (χ4n) is 3.81. The van der Waals surface area contributed by atoms with Crippen LogP contribution in [-0.4, -0.2) is 57.6 Å². The van der Waals surface area contributed by atoms with Gasteiger partial charge >= 0.3 is 0 Å². The van der Waals surface area contributed by atoms with E-state index in [2.05, 4.69) is 50.1 Å². The van der Waals surface area contributed by atoms with E-state index in [1.165, 1.54) is 5.56 Å². The molecule has 0 amide bonds. The van der Waals surface area contributed by atoms with Gasteiger partial charge in [-0.05, 0) is 52.6 Å². The lowest BCUT2D eigenvalue weighted by Crippen LogP contribution is -2.39. The summed E-state index contributed by atoms with van der Waals surface area (Å²) in [5, 5.41) is 0. The lowest BCUT2D eigenvalue weighted by molar-refractivity contribution is -0.0527. The third-order valence-electron chi connectivity index (χ3n) is 5.44. The van der Waals surface area contributed by atoms with Crippen molar-refractivity contribution in [2.75, 3.05) is 46.6 Å². The van der Waals surface area contributed by atoms with E-state index in [4.69, 9.17) is 19.9 Å². The lowest BCUT2D eigenvalue weighted by atomic mass is 9.74. The van der Waals surface area contributed by atoms with Gasteiger partial charge < -0.3 is 24.8 Å². The molecule has 1 aliphatic carbocycles. The van der Waals surface area contributed by atoms with Gasteiger partial charge in [0, 0.05) is 43.8 Å². The third-order valence-corrected chi connectivity index (χ3v) is 5.44. The second-order valence-corrected chi connectivity index (χ2v) is 7.73. The Kier molecular flexibility index (Phi) is 9.56. The van der Waals surface area contributed by atoms with Gasteiger partial charge in [-0.3, -0.25) is 0 Å². The molecule has 1 fully saturated rings. The summed E-state index contributed by atoms with van der Waals surface area (Å²) in [7, 11) is 2.10. The van der Waals surface area contributed by atoms with Crippen LogP contribution in [0.1, 0.15) is 45.1 Å². The fraction of sp³-hybridized carbons (Fsp3) is 0.727. The van der Waals surface area contributed by atoms with Gasteiger partial charge in [0.2, 0.25) is 0 Å². The summed E-state index contributed by atoms with van der Waals surface area (Å²) in [5.74, 6) is 1.01. The molecule has 0 heterocycles. The molecule has 0 bridgehead atoms. The van der Waals surface area contributed by atoms with Crippen molar-refractivity contribution in [3.05, 3.63) is 29.8 Å². The molecular formula is C22H38N2O3. The highest BCUT2D eigenvalue weighted by Crippen LogP contribution is 2.39. The molecule has 5 heteroatoms. The van der Waals surface area contributed by atoms with Crippen LogP contribution in [0.15, 0.2) is 24.3 Å². The first-order valence-electron chi connectivity index (χ1n) is 10.4. The van der Waals surface area contributed by atoms with E-state index < -0.39 is 0 Å². The van der Waals surface area contributed by atoms with Crippen molar-refractivity contribution in [1.29, 1.82) is 0 Å². The van der Waals surface area contributed by atoms with Crippen LogP contribution in [-0.2, 0) is 16.0 Å². The number of rotatable bonds is 12. The van der Waals surface area contributed by atoms with Crippen molar-refractivity contribution in [1.82, 2.24) is 4.90 Å². The third kappa shape index (κ3) is 7.07. The number of hydrogen-bond acceptors (Lipinski definition) is 5. The molecule has 0 spiro atoms.